The van der Waals surface area contributed by atoms with Gasteiger partial charge in [0.1, 0.15) is 23.9 Å². The fraction of sp³-hybridized carbons (Fsp3) is 0.200. The van der Waals surface area contributed by atoms with Crippen LogP contribution in [-0.4, -0.2) is 22.1 Å². The zero-order valence-corrected chi connectivity index (χ0v) is 16.7. The lowest BCUT2D eigenvalue weighted by atomic mass is 10.3. The highest BCUT2D eigenvalue weighted by Crippen LogP contribution is 2.26. The maximum absolute atomic E-state index is 12.0. The van der Waals surface area contributed by atoms with Crippen LogP contribution in [0.15, 0.2) is 54.9 Å². The molecule has 3 aromatic rings. The monoisotopic (exact) mass is 419 g/mol. The Morgan fingerprint density at radius 3 is 2.50 bits per heavy atom. The Kier molecular flexibility index (Phi) is 6.79. The number of nitrogens with one attached hydrogen (secondary N) is 1. The van der Waals surface area contributed by atoms with E-state index < -0.39 is 0 Å². The maximum atomic E-state index is 12.0. The van der Waals surface area contributed by atoms with Gasteiger partial charge < -0.3 is 19.4 Å². The van der Waals surface area contributed by atoms with Gasteiger partial charge in [-0.05, 0) is 36.4 Å². The number of benzene rings is 2. The quantitative estimate of drug-likeness (QED) is 0.573. The Balaban J connectivity index is 1.42. The molecule has 2 aromatic carbocycles. The van der Waals surface area contributed by atoms with Crippen LogP contribution >= 0.6 is 23.2 Å². The second-order valence-corrected chi connectivity index (χ2v) is 6.80. The molecule has 0 aliphatic heterocycles. The van der Waals surface area contributed by atoms with E-state index in [4.69, 9.17) is 32.7 Å². The number of carbonyl (C=O) groups excluding carboxylic acids is 1. The van der Waals surface area contributed by atoms with E-state index in [1.54, 1.807) is 48.7 Å². The summed E-state index contributed by atoms with van der Waals surface area (Å²) in [7, 11) is 1.91. The molecule has 146 valence electrons. The van der Waals surface area contributed by atoms with E-state index in [2.05, 4.69) is 10.3 Å². The summed E-state index contributed by atoms with van der Waals surface area (Å²) in [4.78, 5) is 16.2. The minimum absolute atomic E-state index is 0.151. The number of hydrogen-bond acceptors (Lipinski definition) is 4. The molecule has 0 radical (unpaired) electrons. The molecule has 28 heavy (non-hydrogen) atoms. The fourth-order valence-corrected chi connectivity index (χ4v) is 2.66. The lowest BCUT2D eigenvalue weighted by Gasteiger charge is -2.09. The molecule has 0 saturated heterocycles. The van der Waals surface area contributed by atoms with Crippen molar-refractivity contribution in [3.8, 4) is 11.5 Å². The van der Waals surface area contributed by atoms with Crippen molar-refractivity contribution in [2.24, 2.45) is 7.05 Å². The van der Waals surface area contributed by atoms with Gasteiger partial charge in [0, 0.05) is 31.2 Å². The van der Waals surface area contributed by atoms with E-state index in [1.807, 2.05) is 17.8 Å². The Bertz CT molecular complexity index is 942. The molecule has 0 saturated carbocycles. The maximum Gasteiger partial charge on any atom is 0.227 e. The second kappa shape index (κ2) is 9.48. The van der Waals surface area contributed by atoms with Crippen LogP contribution in [0.25, 0.3) is 0 Å². The fourth-order valence-electron chi connectivity index (χ4n) is 2.37. The van der Waals surface area contributed by atoms with Gasteiger partial charge in [-0.1, -0.05) is 23.2 Å². The predicted molar refractivity (Wildman–Crippen MR) is 109 cm³/mol. The minimum Gasteiger partial charge on any atom is -0.493 e. The third-order valence-electron chi connectivity index (χ3n) is 3.92. The molecule has 3 rings (SSSR count). The van der Waals surface area contributed by atoms with Crippen molar-refractivity contribution < 1.29 is 14.3 Å². The van der Waals surface area contributed by atoms with E-state index in [1.165, 1.54) is 0 Å². The summed E-state index contributed by atoms with van der Waals surface area (Å²) in [6.45, 7) is 0.607. The first kappa shape index (κ1) is 20.0. The largest absolute Gasteiger partial charge is 0.493 e. The normalized spacial score (nSPS) is 10.5. The van der Waals surface area contributed by atoms with Crippen molar-refractivity contribution in [2.45, 2.75) is 13.0 Å². The van der Waals surface area contributed by atoms with Crippen LogP contribution < -0.4 is 14.8 Å². The zero-order chi connectivity index (χ0) is 19.9. The van der Waals surface area contributed by atoms with Crippen molar-refractivity contribution in [1.82, 2.24) is 9.55 Å². The smallest absolute Gasteiger partial charge is 0.227 e. The molecule has 1 aromatic heterocycles. The third-order valence-corrected chi connectivity index (χ3v) is 4.65. The highest BCUT2D eigenvalue weighted by molar-refractivity contribution is 6.42. The average molecular weight is 420 g/mol. The van der Waals surface area contributed by atoms with E-state index >= 15 is 0 Å². The van der Waals surface area contributed by atoms with Crippen molar-refractivity contribution >= 4 is 34.8 Å². The second-order valence-electron chi connectivity index (χ2n) is 5.99. The summed E-state index contributed by atoms with van der Waals surface area (Å²) in [5.74, 6) is 1.95. The molecule has 8 heteroatoms. The molecule has 0 spiro atoms. The first-order valence-electron chi connectivity index (χ1n) is 8.58. The van der Waals surface area contributed by atoms with Gasteiger partial charge in [-0.25, -0.2) is 4.98 Å². The molecule has 0 fully saturated rings. The first-order valence-corrected chi connectivity index (χ1v) is 9.33. The van der Waals surface area contributed by atoms with Crippen LogP contribution in [0, 0.1) is 0 Å². The number of aryl methyl sites for hydroxylation is 1. The average Bonchev–Trinajstić information content (AvgIpc) is 3.09. The SMILES string of the molecule is Cn1ccnc1COc1ccc(NC(=O)CCOc2ccc(Cl)c(Cl)c2)cc1. The highest BCUT2D eigenvalue weighted by atomic mass is 35.5. The summed E-state index contributed by atoms with van der Waals surface area (Å²) >= 11 is 11.8. The summed E-state index contributed by atoms with van der Waals surface area (Å²) < 4.78 is 13.1. The molecule has 0 atom stereocenters. The van der Waals surface area contributed by atoms with Gasteiger partial charge in [0.15, 0.2) is 0 Å². The van der Waals surface area contributed by atoms with Crippen molar-refractivity contribution in [3.05, 3.63) is 70.7 Å². The number of anilines is 1. The van der Waals surface area contributed by atoms with Gasteiger partial charge in [-0.15, -0.1) is 0 Å². The number of hydrogen-bond donors (Lipinski definition) is 1. The molecule has 1 N–H and O–H groups in total. The topological polar surface area (TPSA) is 65.4 Å². The highest BCUT2D eigenvalue weighted by Gasteiger charge is 2.06. The number of imidazole rings is 1. The number of halogens is 2. The van der Waals surface area contributed by atoms with Gasteiger partial charge in [0.05, 0.1) is 23.1 Å². The van der Waals surface area contributed by atoms with Gasteiger partial charge in [-0.3, -0.25) is 4.79 Å². The summed E-state index contributed by atoms with van der Waals surface area (Å²) in [6, 6.07) is 12.1. The van der Waals surface area contributed by atoms with E-state index in [0.717, 1.165) is 5.82 Å². The van der Waals surface area contributed by atoms with Crippen LogP contribution in [0.5, 0.6) is 11.5 Å². The molecular weight excluding hydrogens is 401 g/mol. The van der Waals surface area contributed by atoms with E-state index in [-0.39, 0.29) is 18.9 Å². The van der Waals surface area contributed by atoms with Crippen LogP contribution in [-0.2, 0) is 18.4 Å². The Morgan fingerprint density at radius 2 is 1.82 bits per heavy atom. The van der Waals surface area contributed by atoms with Crippen molar-refractivity contribution in [2.75, 3.05) is 11.9 Å². The number of aromatic nitrogens is 2. The molecule has 0 aliphatic rings. The van der Waals surface area contributed by atoms with Crippen molar-refractivity contribution in [3.63, 3.8) is 0 Å². The Morgan fingerprint density at radius 1 is 1.07 bits per heavy atom. The van der Waals surface area contributed by atoms with Crippen LogP contribution in [0.3, 0.4) is 0 Å². The number of amides is 1. The number of carbonyl (C=O) groups is 1. The lowest BCUT2D eigenvalue weighted by molar-refractivity contribution is -0.116. The van der Waals surface area contributed by atoms with Crippen molar-refractivity contribution in [1.29, 1.82) is 0 Å². The van der Waals surface area contributed by atoms with Crippen LogP contribution in [0.1, 0.15) is 12.2 Å². The molecule has 0 unspecified atom stereocenters. The molecule has 1 amide bonds. The molecule has 6 nitrogen and oxygen atoms in total. The predicted octanol–water partition coefficient (Wildman–Crippen LogP) is 4.71. The van der Waals surface area contributed by atoms with Crippen LogP contribution in [0.4, 0.5) is 5.69 Å². The third kappa shape index (κ3) is 5.65. The zero-order valence-electron chi connectivity index (χ0n) is 15.2. The van der Waals surface area contributed by atoms with Gasteiger partial charge in [0.2, 0.25) is 5.91 Å². The standard InChI is InChI=1S/C20H19Cl2N3O3/c1-25-10-9-23-19(25)13-28-15-4-2-14(3-5-15)24-20(26)8-11-27-16-6-7-17(21)18(22)12-16/h2-7,9-10,12H,8,11,13H2,1H3,(H,24,26). The number of ether oxygens (including phenoxy) is 2. The molecular formula is C20H19Cl2N3O3. The number of nitrogens with zero attached hydrogens (tertiary/aromatic N) is 2. The van der Waals surface area contributed by atoms with E-state index in [0.29, 0.717) is 33.8 Å². The van der Waals surface area contributed by atoms with Crippen LogP contribution in [0.2, 0.25) is 10.0 Å². The molecule has 1 heterocycles. The Labute approximate surface area is 173 Å². The summed E-state index contributed by atoms with van der Waals surface area (Å²) in [5, 5.41) is 3.69. The Hall–Kier alpha value is -2.70. The molecule has 0 bridgehead atoms. The summed E-state index contributed by atoms with van der Waals surface area (Å²) in [5.41, 5.74) is 0.684. The minimum atomic E-state index is -0.151. The van der Waals surface area contributed by atoms with Gasteiger partial charge >= 0.3 is 0 Å². The summed E-state index contributed by atoms with van der Waals surface area (Å²) in [6.07, 6.45) is 3.79. The van der Waals surface area contributed by atoms with Gasteiger partial charge in [-0.2, -0.15) is 0 Å². The van der Waals surface area contributed by atoms with Gasteiger partial charge in [0.25, 0.3) is 0 Å². The van der Waals surface area contributed by atoms with E-state index in [9.17, 15) is 4.79 Å². The number of rotatable bonds is 8. The lowest BCUT2D eigenvalue weighted by Crippen LogP contribution is -2.15. The first-order chi connectivity index (χ1) is 13.5. The molecule has 0 aliphatic carbocycles.